The maximum atomic E-state index is 11.8. The zero-order chi connectivity index (χ0) is 11.5. The fourth-order valence-electron chi connectivity index (χ4n) is 1.39. The maximum Gasteiger partial charge on any atom is 0.178 e. The Kier molecular flexibility index (Phi) is 4.13. The van der Waals surface area contributed by atoms with Gasteiger partial charge in [0.25, 0.3) is 0 Å². The Morgan fingerprint density at radius 1 is 1.40 bits per heavy atom. The van der Waals surface area contributed by atoms with Gasteiger partial charge in [-0.25, -0.2) is 8.42 Å². The standard InChI is InChI=1S/C10H14ClNO2S/c1-2-5-15(13,14)10-4-3-9(11)6-8(10)7-12/h3-4,6H,2,5,7,12H2,1H3. The minimum atomic E-state index is -3.21. The summed E-state index contributed by atoms with van der Waals surface area (Å²) in [6.45, 7) is 2.01. The number of benzene rings is 1. The van der Waals surface area contributed by atoms with Gasteiger partial charge < -0.3 is 5.73 Å². The highest BCUT2D eigenvalue weighted by Gasteiger charge is 2.16. The van der Waals surface area contributed by atoms with Gasteiger partial charge in [0.2, 0.25) is 0 Å². The summed E-state index contributed by atoms with van der Waals surface area (Å²) in [5.41, 5.74) is 6.07. The fraction of sp³-hybridized carbons (Fsp3) is 0.400. The highest BCUT2D eigenvalue weighted by molar-refractivity contribution is 7.91. The molecule has 0 saturated heterocycles. The average Bonchev–Trinajstić information content (AvgIpc) is 2.17. The van der Waals surface area contributed by atoms with Crippen LogP contribution in [0, 0.1) is 0 Å². The molecule has 1 aromatic rings. The summed E-state index contributed by atoms with van der Waals surface area (Å²) in [4.78, 5) is 0.302. The van der Waals surface area contributed by atoms with Gasteiger partial charge in [-0.1, -0.05) is 18.5 Å². The molecule has 1 aromatic carbocycles. The van der Waals surface area contributed by atoms with Crippen LogP contribution in [0.2, 0.25) is 5.02 Å². The van der Waals surface area contributed by atoms with Crippen molar-refractivity contribution in [3.8, 4) is 0 Å². The van der Waals surface area contributed by atoms with Crippen LogP contribution in [0.15, 0.2) is 23.1 Å². The fourth-order valence-corrected chi connectivity index (χ4v) is 3.16. The van der Waals surface area contributed by atoms with E-state index in [2.05, 4.69) is 0 Å². The first-order valence-corrected chi connectivity index (χ1v) is 6.75. The third kappa shape index (κ3) is 2.93. The van der Waals surface area contributed by atoms with Gasteiger partial charge in [-0.2, -0.15) is 0 Å². The molecule has 2 N–H and O–H groups in total. The van der Waals surface area contributed by atoms with Gasteiger partial charge in [-0.05, 0) is 30.2 Å². The van der Waals surface area contributed by atoms with Crippen molar-refractivity contribution in [3.63, 3.8) is 0 Å². The molecule has 0 amide bonds. The normalized spacial score (nSPS) is 11.7. The van der Waals surface area contributed by atoms with E-state index < -0.39 is 9.84 Å². The Morgan fingerprint density at radius 2 is 2.07 bits per heavy atom. The predicted octanol–water partition coefficient (Wildman–Crippen LogP) is 1.98. The van der Waals surface area contributed by atoms with E-state index in [1.807, 2.05) is 6.92 Å². The van der Waals surface area contributed by atoms with Crippen LogP contribution in [0.3, 0.4) is 0 Å². The van der Waals surface area contributed by atoms with Gasteiger partial charge in [-0.15, -0.1) is 0 Å². The highest BCUT2D eigenvalue weighted by Crippen LogP contribution is 2.21. The molecule has 5 heteroatoms. The van der Waals surface area contributed by atoms with Crippen molar-refractivity contribution in [2.24, 2.45) is 5.73 Å². The molecule has 0 heterocycles. The number of rotatable bonds is 4. The Hall–Kier alpha value is -0.580. The van der Waals surface area contributed by atoms with Crippen molar-refractivity contribution in [1.82, 2.24) is 0 Å². The van der Waals surface area contributed by atoms with Crippen molar-refractivity contribution in [2.75, 3.05) is 5.75 Å². The molecular weight excluding hydrogens is 234 g/mol. The van der Waals surface area contributed by atoms with Crippen molar-refractivity contribution >= 4 is 21.4 Å². The van der Waals surface area contributed by atoms with Crippen LogP contribution in [0.1, 0.15) is 18.9 Å². The summed E-state index contributed by atoms with van der Waals surface area (Å²) in [6.07, 6.45) is 0.592. The number of nitrogens with two attached hydrogens (primary N) is 1. The Labute approximate surface area is 95.2 Å². The van der Waals surface area contributed by atoms with Crippen LogP contribution in [0.5, 0.6) is 0 Å². The molecule has 0 saturated carbocycles. The van der Waals surface area contributed by atoms with Crippen molar-refractivity contribution in [3.05, 3.63) is 28.8 Å². The average molecular weight is 248 g/mol. The second-order valence-electron chi connectivity index (χ2n) is 3.28. The molecule has 0 aromatic heterocycles. The SMILES string of the molecule is CCCS(=O)(=O)c1ccc(Cl)cc1CN. The smallest absolute Gasteiger partial charge is 0.178 e. The zero-order valence-electron chi connectivity index (χ0n) is 8.53. The second-order valence-corrected chi connectivity index (χ2v) is 5.79. The van der Waals surface area contributed by atoms with E-state index in [9.17, 15) is 8.42 Å². The largest absolute Gasteiger partial charge is 0.326 e. The van der Waals surface area contributed by atoms with Crippen molar-refractivity contribution in [2.45, 2.75) is 24.8 Å². The van der Waals surface area contributed by atoms with E-state index in [4.69, 9.17) is 17.3 Å². The van der Waals surface area contributed by atoms with Gasteiger partial charge in [0.15, 0.2) is 9.84 Å². The minimum Gasteiger partial charge on any atom is -0.326 e. The lowest BCUT2D eigenvalue weighted by atomic mass is 10.2. The second kappa shape index (κ2) is 4.96. The van der Waals surface area contributed by atoms with Crippen LogP contribution in [0.25, 0.3) is 0 Å². The van der Waals surface area contributed by atoms with E-state index >= 15 is 0 Å². The molecular formula is C10H14ClNO2S. The Morgan fingerprint density at radius 3 is 2.60 bits per heavy atom. The zero-order valence-corrected chi connectivity index (χ0v) is 10.1. The summed E-state index contributed by atoms with van der Waals surface area (Å²) >= 11 is 5.77. The first-order valence-electron chi connectivity index (χ1n) is 4.72. The number of halogens is 1. The molecule has 0 unspecified atom stereocenters. The topological polar surface area (TPSA) is 60.2 Å². The minimum absolute atomic E-state index is 0.141. The lowest BCUT2D eigenvalue weighted by molar-refractivity contribution is 0.593. The van der Waals surface area contributed by atoms with E-state index in [0.29, 0.717) is 21.9 Å². The van der Waals surface area contributed by atoms with Crippen LogP contribution in [0.4, 0.5) is 0 Å². The van der Waals surface area contributed by atoms with Gasteiger partial charge >= 0.3 is 0 Å². The molecule has 0 aliphatic carbocycles. The molecule has 15 heavy (non-hydrogen) atoms. The number of hydrogen-bond donors (Lipinski definition) is 1. The summed E-state index contributed by atoms with van der Waals surface area (Å²) in [5.74, 6) is 0.141. The van der Waals surface area contributed by atoms with E-state index in [0.717, 1.165) is 0 Å². The first-order chi connectivity index (χ1) is 7.01. The third-order valence-corrected chi connectivity index (χ3v) is 4.30. The quantitative estimate of drug-likeness (QED) is 0.885. The highest BCUT2D eigenvalue weighted by atomic mass is 35.5. The van der Waals surface area contributed by atoms with Crippen LogP contribution in [-0.4, -0.2) is 14.2 Å². The van der Waals surface area contributed by atoms with Gasteiger partial charge in [0.05, 0.1) is 10.6 Å². The Balaban J connectivity index is 3.25. The monoisotopic (exact) mass is 247 g/mol. The first kappa shape index (κ1) is 12.5. The molecule has 0 bridgehead atoms. The van der Waals surface area contributed by atoms with Crippen LogP contribution >= 0.6 is 11.6 Å². The molecule has 3 nitrogen and oxygen atoms in total. The van der Waals surface area contributed by atoms with E-state index in [1.54, 1.807) is 12.1 Å². The molecule has 0 fully saturated rings. The molecule has 84 valence electrons. The number of sulfone groups is 1. The van der Waals surface area contributed by atoms with Gasteiger partial charge in [0, 0.05) is 11.6 Å². The molecule has 0 aliphatic rings. The van der Waals surface area contributed by atoms with E-state index in [1.165, 1.54) is 6.07 Å². The van der Waals surface area contributed by atoms with Gasteiger partial charge in [0.1, 0.15) is 0 Å². The third-order valence-electron chi connectivity index (χ3n) is 2.05. The van der Waals surface area contributed by atoms with Gasteiger partial charge in [-0.3, -0.25) is 0 Å². The summed E-state index contributed by atoms with van der Waals surface area (Å²) in [6, 6.07) is 4.70. The lowest BCUT2D eigenvalue weighted by Crippen LogP contribution is -2.11. The predicted molar refractivity (Wildman–Crippen MR) is 61.7 cm³/mol. The lowest BCUT2D eigenvalue weighted by Gasteiger charge is -2.08. The van der Waals surface area contributed by atoms with E-state index in [-0.39, 0.29) is 12.3 Å². The van der Waals surface area contributed by atoms with Crippen molar-refractivity contribution < 1.29 is 8.42 Å². The number of hydrogen-bond acceptors (Lipinski definition) is 3. The summed E-state index contributed by atoms with van der Waals surface area (Å²) in [5, 5.41) is 0.505. The van der Waals surface area contributed by atoms with Crippen LogP contribution in [-0.2, 0) is 16.4 Å². The molecule has 0 aliphatic heterocycles. The van der Waals surface area contributed by atoms with Crippen molar-refractivity contribution in [1.29, 1.82) is 0 Å². The molecule has 1 rings (SSSR count). The summed E-state index contributed by atoms with van der Waals surface area (Å²) in [7, 11) is -3.21. The Bertz CT molecular complexity index is 443. The molecule has 0 radical (unpaired) electrons. The molecule has 0 spiro atoms. The summed E-state index contributed by atoms with van der Waals surface area (Å²) < 4.78 is 23.6. The molecule has 0 atom stereocenters. The van der Waals surface area contributed by atoms with Crippen LogP contribution < -0.4 is 5.73 Å². The maximum absolute atomic E-state index is 11.8.